The van der Waals surface area contributed by atoms with Crippen molar-refractivity contribution in [2.75, 3.05) is 45.9 Å². The van der Waals surface area contributed by atoms with Crippen molar-refractivity contribution in [2.45, 2.75) is 19.8 Å². The molecule has 5 heteroatoms. The van der Waals surface area contributed by atoms with Gasteiger partial charge in [-0.25, -0.2) is 0 Å². The van der Waals surface area contributed by atoms with Crippen molar-refractivity contribution in [3.05, 3.63) is 28.8 Å². The third-order valence-corrected chi connectivity index (χ3v) is 4.26. The van der Waals surface area contributed by atoms with E-state index in [1.54, 1.807) is 0 Å². The number of piperazine rings is 1. The first kappa shape index (κ1) is 17.1. The average Bonchev–Trinajstić information content (AvgIpc) is 2.51. The molecule has 0 N–H and O–H groups in total. The Balaban J connectivity index is 1.64. The zero-order chi connectivity index (χ0) is 15.8. The third-order valence-electron chi connectivity index (χ3n) is 4.03. The molecule has 4 nitrogen and oxygen atoms in total. The van der Waals surface area contributed by atoms with Gasteiger partial charge in [0, 0.05) is 44.2 Å². The highest BCUT2D eigenvalue weighted by molar-refractivity contribution is 6.30. The van der Waals surface area contributed by atoms with Crippen molar-refractivity contribution in [1.29, 1.82) is 5.26 Å². The van der Waals surface area contributed by atoms with Crippen LogP contribution < -0.4 is 4.74 Å². The lowest BCUT2D eigenvalue weighted by molar-refractivity contribution is 0.116. The van der Waals surface area contributed by atoms with Crippen LogP contribution in [0.25, 0.3) is 0 Å². The Bertz CT molecular complexity index is 507. The first-order chi connectivity index (χ1) is 10.7. The average molecular weight is 322 g/mol. The number of benzene rings is 1. The van der Waals surface area contributed by atoms with Gasteiger partial charge in [0.15, 0.2) is 0 Å². The molecule has 0 unspecified atom stereocenters. The van der Waals surface area contributed by atoms with Gasteiger partial charge < -0.3 is 9.64 Å². The van der Waals surface area contributed by atoms with Crippen LogP contribution in [0.2, 0.25) is 5.02 Å². The molecule has 0 aromatic heterocycles. The predicted octanol–water partition coefficient (Wildman–Crippen LogP) is 2.95. The van der Waals surface area contributed by atoms with Crippen LogP contribution in [0.4, 0.5) is 0 Å². The SMILES string of the molecule is Cc1cc(Cl)ccc1OCCN1CCN(CCCC#N)CC1. The van der Waals surface area contributed by atoms with E-state index in [1.165, 1.54) is 0 Å². The molecule has 1 saturated heterocycles. The fourth-order valence-corrected chi connectivity index (χ4v) is 2.90. The highest BCUT2D eigenvalue weighted by atomic mass is 35.5. The summed E-state index contributed by atoms with van der Waals surface area (Å²) in [5.41, 5.74) is 1.08. The largest absolute Gasteiger partial charge is 0.492 e. The maximum Gasteiger partial charge on any atom is 0.122 e. The van der Waals surface area contributed by atoms with Gasteiger partial charge in [-0.15, -0.1) is 0 Å². The molecule has 2 rings (SSSR count). The van der Waals surface area contributed by atoms with E-state index in [0.717, 1.165) is 62.0 Å². The second-order valence-corrected chi connectivity index (χ2v) is 6.14. The maximum atomic E-state index is 8.57. The van der Waals surface area contributed by atoms with E-state index in [0.29, 0.717) is 13.0 Å². The first-order valence-electron chi connectivity index (χ1n) is 7.89. The molecule has 0 amide bonds. The number of hydrogen-bond donors (Lipinski definition) is 0. The molecule has 0 bridgehead atoms. The minimum absolute atomic E-state index is 0.661. The highest BCUT2D eigenvalue weighted by Crippen LogP contribution is 2.21. The minimum Gasteiger partial charge on any atom is -0.492 e. The molecule has 1 aliphatic rings. The minimum atomic E-state index is 0.661. The molecule has 1 aromatic carbocycles. The molecular formula is C17H24ClN3O. The Morgan fingerprint density at radius 3 is 2.50 bits per heavy atom. The standard InChI is InChI=1S/C17H24ClN3O/c1-15-14-16(18)4-5-17(15)22-13-12-21-10-8-20(9-11-21)7-3-2-6-19/h4-5,14H,2-3,7-13H2,1H3. The second kappa shape index (κ2) is 8.99. The monoisotopic (exact) mass is 321 g/mol. The molecule has 1 aliphatic heterocycles. The molecule has 120 valence electrons. The molecule has 1 heterocycles. The van der Waals surface area contributed by atoms with E-state index < -0.39 is 0 Å². The van der Waals surface area contributed by atoms with Gasteiger partial charge in [-0.05, 0) is 43.7 Å². The van der Waals surface area contributed by atoms with Crippen molar-refractivity contribution in [3.63, 3.8) is 0 Å². The predicted molar refractivity (Wildman–Crippen MR) is 89.4 cm³/mol. The number of ether oxygens (including phenoxy) is 1. The fraction of sp³-hybridized carbons (Fsp3) is 0.588. The van der Waals surface area contributed by atoms with Gasteiger partial charge in [-0.3, -0.25) is 4.90 Å². The van der Waals surface area contributed by atoms with Crippen LogP contribution >= 0.6 is 11.6 Å². The Hall–Kier alpha value is -1.28. The van der Waals surface area contributed by atoms with Gasteiger partial charge >= 0.3 is 0 Å². The normalized spacial score (nSPS) is 16.4. The van der Waals surface area contributed by atoms with Crippen LogP contribution in [0, 0.1) is 18.3 Å². The van der Waals surface area contributed by atoms with Crippen LogP contribution in [0.3, 0.4) is 0 Å². The fourth-order valence-electron chi connectivity index (χ4n) is 2.68. The number of halogens is 1. The summed E-state index contributed by atoms with van der Waals surface area (Å²) in [6.07, 6.45) is 1.64. The number of rotatable bonds is 7. The molecule has 0 spiro atoms. The number of hydrogen-bond acceptors (Lipinski definition) is 4. The zero-order valence-electron chi connectivity index (χ0n) is 13.2. The summed E-state index contributed by atoms with van der Waals surface area (Å²) in [5.74, 6) is 0.916. The maximum absolute atomic E-state index is 8.57. The Morgan fingerprint density at radius 2 is 1.86 bits per heavy atom. The molecule has 1 aromatic rings. The van der Waals surface area contributed by atoms with Crippen molar-refractivity contribution < 1.29 is 4.74 Å². The van der Waals surface area contributed by atoms with E-state index in [2.05, 4.69) is 15.9 Å². The summed E-state index contributed by atoms with van der Waals surface area (Å²) < 4.78 is 5.85. The van der Waals surface area contributed by atoms with Gasteiger partial charge in [0.05, 0.1) is 6.07 Å². The summed E-state index contributed by atoms with van der Waals surface area (Å²) in [6.45, 7) is 9.05. The van der Waals surface area contributed by atoms with E-state index in [-0.39, 0.29) is 0 Å². The lowest BCUT2D eigenvalue weighted by Crippen LogP contribution is -2.47. The van der Waals surface area contributed by atoms with Gasteiger partial charge in [-0.2, -0.15) is 5.26 Å². The van der Waals surface area contributed by atoms with Crippen LogP contribution in [0.5, 0.6) is 5.75 Å². The summed E-state index contributed by atoms with van der Waals surface area (Å²) in [4.78, 5) is 4.88. The quantitative estimate of drug-likeness (QED) is 0.724. The Kier molecular flexibility index (Phi) is 6.98. The molecule has 0 atom stereocenters. The van der Waals surface area contributed by atoms with Crippen LogP contribution in [-0.2, 0) is 0 Å². The van der Waals surface area contributed by atoms with Gasteiger partial charge in [0.2, 0.25) is 0 Å². The number of nitrogens with zero attached hydrogens (tertiary/aromatic N) is 3. The van der Waals surface area contributed by atoms with Crippen molar-refractivity contribution in [3.8, 4) is 11.8 Å². The lowest BCUT2D eigenvalue weighted by atomic mass is 10.2. The van der Waals surface area contributed by atoms with Crippen LogP contribution in [0.1, 0.15) is 18.4 Å². The van der Waals surface area contributed by atoms with Crippen molar-refractivity contribution >= 4 is 11.6 Å². The number of nitriles is 1. The molecule has 22 heavy (non-hydrogen) atoms. The van der Waals surface area contributed by atoms with Gasteiger partial charge in [0.25, 0.3) is 0 Å². The second-order valence-electron chi connectivity index (χ2n) is 5.70. The smallest absolute Gasteiger partial charge is 0.122 e. The molecule has 1 fully saturated rings. The van der Waals surface area contributed by atoms with Crippen LogP contribution in [-0.4, -0.2) is 55.7 Å². The molecule has 0 aliphatic carbocycles. The summed E-state index contributed by atoms with van der Waals surface area (Å²) >= 11 is 5.95. The summed E-state index contributed by atoms with van der Waals surface area (Å²) in [6, 6.07) is 7.93. The van der Waals surface area contributed by atoms with E-state index in [9.17, 15) is 0 Å². The topological polar surface area (TPSA) is 39.5 Å². The summed E-state index contributed by atoms with van der Waals surface area (Å²) in [5, 5.41) is 9.31. The Labute approximate surface area is 138 Å². The molecule has 0 saturated carbocycles. The van der Waals surface area contributed by atoms with Gasteiger partial charge in [-0.1, -0.05) is 11.6 Å². The molecular weight excluding hydrogens is 298 g/mol. The molecule has 0 radical (unpaired) electrons. The van der Waals surface area contributed by atoms with E-state index in [1.807, 2.05) is 25.1 Å². The first-order valence-corrected chi connectivity index (χ1v) is 8.27. The summed E-state index contributed by atoms with van der Waals surface area (Å²) in [7, 11) is 0. The third kappa shape index (κ3) is 5.49. The van der Waals surface area contributed by atoms with Crippen molar-refractivity contribution in [2.24, 2.45) is 0 Å². The lowest BCUT2D eigenvalue weighted by Gasteiger charge is -2.34. The number of aryl methyl sites for hydroxylation is 1. The van der Waals surface area contributed by atoms with E-state index >= 15 is 0 Å². The van der Waals surface area contributed by atoms with Gasteiger partial charge in [0.1, 0.15) is 12.4 Å². The highest BCUT2D eigenvalue weighted by Gasteiger charge is 2.16. The van der Waals surface area contributed by atoms with Crippen molar-refractivity contribution in [1.82, 2.24) is 9.80 Å². The zero-order valence-corrected chi connectivity index (χ0v) is 14.0. The number of unbranched alkanes of at least 4 members (excludes halogenated alkanes) is 1. The van der Waals surface area contributed by atoms with E-state index in [4.69, 9.17) is 21.6 Å². The Morgan fingerprint density at radius 1 is 1.18 bits per heavy atom. The van der Waals surface area contributed by atoms with Crippen LogP contribution in [0.15, 0.2) is 18.2 Å².